The quantitative estimate of drug-likeness (QED) is 0.0624. The Bertz CT molecular complexity index is 1970. The molecule has 293 valence electrons. The Kier molecular flexibility index (Phi) is 18.9. The van der Waals surface area contributed by atoms with Crippen LogP contribution in [0, 0.1) is 11.8 Å². The first kappa shape index (κ1) is 46.9. The minimum absolute atomic E-state index is 0.145. The molecule has 6 aromatic rings. The number of hydrogen-bond donors (Lipinski definition) is 2. The molecular formula is C48H58BCl2N2O2Zr. The number of halogens is 2. The monoisotopic (exact) mass is 865 g/mol. The van der Waals surface area contributed by atoms with Crippen molar-refractivity contribution >= 4 is 58.9 Å². The molecule has 0 aliphatic heterocycles. The molecule has 0 saturated heterocycles. The molecule has 4 nitrogen and oxygen atoms in total. The standard InChI is InChI=1S/2C23H27.C2H4BN2O2.2ClH.Zr/c2*1-16(2)13-17-14-18-9-8-11-19(21(18)15-17)20-10-6-7-12-22(20)23(3,4)5;6-1-4-3-5-2-7;;;/h2*6-12,14-16H,13H2,1-5H3;1-2H,(H,4,6)(H,5,7);2*1H;/q2*-1;;;;+4/p-2. The number of carbonyl (C=O) groups is 2. The number of fused-ring (bicyclic) bond motifs is 2. The number of benzene rings is 4. The second-order valence-electron chi connectivity index (χ2n) is 16.9. The van der Waals surface area contributed by atoms with E-state index in [-0.39, 0.29) is 10.8 Å². The SMILES string of the molecule is CC(C)Cc1cc2c(-c3ccccc3C(C)(C)C)cccc2[cH-]1.CC(C)Cc1cc2c(-c3ccccc3C(C)(C)C)cccc2[cH-]1.O=CN[B]NC=O.[Cl][Zr+2][Cl]. The van der Waals surface area contributed by atoms with Crippen molar-refractivity contribution in [1.29, 1.82) is 0 Å². The second-order valence-corrected chi connectivity index (χ2v) is 20.6. The fourth-order valence-electron chi connectivity index (χ4n) is 7.10. The molecule has 1 radical (unpaired) electrons. The van der Waals surface area contributed by atoms with E-state index in [1.807, 2.05) is 0 Å². The van der Waals surface area contributed by atoms with Crippen molar-refractivity contribution in [2.45, 2.75) is 92.9 Å². The number of nitrogens with one attached hydrogen (secondary N) is 2. The summed E-state index contributed by atoms with van der Waals surface area (Å²) in [5.41, 5.74) is 11.5. The van der Waals surface area contributed by atoms with Gasteiger partial charge in [-0.05, 0) is 57.8 Å². The third kappa shape index (κ3) is 13.9. The zero-order chi connectivity index (χ0) is 41.5. The van der Waals surface area contributed by atoms with Gasteiger partial charge in [0.2, 0.25) is 0 Å². The third-order valence-electron chi connectivity index (χ3n) is 9.26. The van der Waals surface area contributed by atoms with E-state index in [1.165, 1.54) is 66.1 Å². The molecular weight excluding hydrogens is 809 g/mol. The Balaban J connectivity index is 0.000000243. The summed E-state index contributed by atoms with van der Waals surface area (Å²) < 4.78 is 0. The fraction of sp³-hybridized carbons (Fsp3) is 0.333. The van der Waals surface area contributed by atoms with Crippen molar-refractivity contribution in [3.63, 3.8) is 0 Å². The summed E-state index contributed by atoms with van der Waals surface area (Å²) in [7, 11) is 11.0. The van der Waals surface area contributed by atoms with Crippen LogP contribution in [0.4, 0.5) is 0 Å². The summed E-state index contributed by atoms with van der Waals surface area (Å²) >= 11 is -0.826. The van der Waals surface area contributed by atoms with Gasteiger partial charge in [0.25, 0.3) is 0 Å². The van der Waals surface area contributed by atoms with Crippen LogP contribution in [0.15, 0.2) is 109 Å². The van der Waals surface area contributed by atoms with E-state index in [1.54, 1.807) is 0 Å². The summed E-state index contributed by atoms with van der Waals surface area (Å²) in [4.78, 5) is 18.8. The molecule has 0 aliphatic rings. The number of carbonyl (C=O) groups excluding carboxylic acids is 2. The summed E-state index contributed by atoms with van der Waals surface area (Å²) in [5.74, 6) is 1.38. The summed E-state index contributed by atoms with van der Waals surface area (Å²) in [6, 6.07) is 40.6. The summed E-state index contributed by atoms with van der Waals surface area (Å²) in [5, 5.41) is 9.71. The minimum atomic E-state index is -0.826. The van der Waals surface area contributed by atoms with Crippen LogP contribution < -0.4 is 10.5 Å². The van der Waals surface area contributed by atoms with Crippen molar-refractivity contribution in [1.82, 2.24) is 10.5 Å². The molecule has 2 amide bonds. The van der Waals surface area contributed by atoms with Crippen LogP contribution in [0.2, 0.25) is 0 Å². The van der Waals surface area contributed by atoms with E-state index in [4.69, 9.17) is 17.0 Å². The van der Waals surface area contributed by atoms with E-state index >= 15 is 0 Å². The molecule has 6 aromatic carbocycles. The van der Waals surface area contributed by atoms with Crippen LogP contribution in [-0.2, 0) is 54.1 Å². The predicted octanol–water partition coefficient (Wildman–Crippen LogP) is 12.8. The van der Waals surface area contributed by atoms with Crippen LogP contribution in [0.5, 0.6) is 0 Å². The molecule has 0 aliphatic carbocycles. The summed E-state index contributed by atoms with van der Waals surface area (Å²) in [6.45, 7) is 22.9. The van der Waals surface area contributed by atoms with Gasteiger partial charge in [-0.2, -0.15) is 12.1 Å². The van der Waals surface area contributed by atoms with Crippen LogP contribution >= 0.6 is 17.0 Å². The van der Waals surface area contributed by atoms with Gasteiger partial charge in [0.05, 0.1) is 0 Å². The molecule has 8 heteroatoms. The average molecular weight is 868 g/mol. The molecule has 0 aromatic heterocycles. The Hall–Kier alpha value is -3.43. The van der Waals surface area contributed by atoms with Gasteiger partial charge in [0.1, 0.15) is 0 Å². The van der Waals surface area contributed by atoms with Gasteiger partial charge in [-0.1, -0.05) is 141 Å². The molecule has 2 N–H and O–H groups in total. The maximum atomic E-state index is 9.38. The van der Waals surface area contributed by atoms with Crippen molar-refractivity contribution in [2.75, 3.05) is 0 Å². The van der Waals surface area contributed by atoms with E-state index in [2.05, 4.69) is 189 Å². The Morgan fingerprint density at radius 3 is 1.25 bits per heavy atom. The molecule has 0 fully saturated rings. The molecule has 0 saturated carbocycles. The van der Waals surface area contributed by atoms with Gasteiger partial charge < -0.3 is 10.5 Å². The van der Waals surface area contributed by atoms with Gasteiger partial charge in [-0.15, -0.1) is 69.1 Å². The summed E-state index contributed by atoms with van der Waals surface area (Å²) in [6.07, 6.45) is 3.21. The van der Waals surface area contributed by atoms with Gasteiger partial charge in [0.15, 0.2) is 12.8 Å². The van der Waals surface area contributed by atoms with Gasteiger partial charge in [-0.3, -0.25) is 9.59 Å². The molecule has 0 spiro atoms. The van der Waals surface area contributed by atoms with Gasteiger partial charge in [0, 0.05) is 0 Å². The first-order chi connectivity index (χ1) is 26.5. The van der Waals surface area contributed by atoms with Crippen LogP contribution in [0.1, 0.15) is 91.5 Å². The normalized spacial score (nSPS) is 11.0. The Morgan fingerprint density at radius 2 is 0.929 bits per heavy atom. The van der Waals surface area contributed by atoms with Crippen LogP contribution in [-0.4, -0.2) is 20.4 Å². The molecule has 0 bridgehead atoms. The maximum absolute atomic E-state index is 9.38. The number of amides is 2. The van der Waals surface area contributed by atoms with Crippen molar-refractivity contribution < 1.29 is 30.4 Å². The molecule has 56 heavy (non-hydrogen) atoms. The molecule has 0 atom stereocenters. The Labute approximate surface area is 355 Å². The third-order valence-corrected chi connectivity index (χ3v) is 9.26. The molecule has 0 unspecified atom stereocenters. The Morgan fingerprint density at radius 1 is 0.589 bits per heavy atom. The first-order valence-corrected chi connectivity index (χ1v) is 25.6. The molecule has 0 heterocycles. The van der Waals surface area contributed by atoms with E-state index < -0.39 is 20.8 Å². The topological polar surface area (TPSA) is 58.2 Å². The van der Waals surface area contributed by atoms with Crippen molar-refractivity contribution in [2.24, 2.45) is 11.8 Å². The van der Waals surface area contributed by atoms with Crippen molar-refractivity contribution in [3.8, 4) is 22.3 Å². The fourth-order valence-corrected chi connectivity index (χ4v) is 7.10. The second kappa shape index (κ2) is 22.5. The van der Waals surface area contributed by atoms with E-state index in [0.29, 0.717) is 24.7 Å². The van der Waals surface area contributed by atoms with E-state index in [9.17, 15) is 9.59 Å². The number of rotatable bonds is 10. The molecule has 6 rings (SSSR count). The van der Waals surface area contributed by atoms with Gasteiger partial charge >= 0.3 is 45.4 Å². The van der Waals surface area contributed by atoms with E-state index in [0.717, 1.165) is 20.4 Å². The van der Waals surface area contributed by atoms with Crippen LogP contribution in [0.3, 0.4) is 0 Å². The zero-order valence-electron chi connectivity index (χ0n) is 34.8. The number of hydrogen-bond acceptors (Lipinski definition) is 2. The van der Waals surface area contributed by atoms with Crippen LogP contribution in [0.25, 0.3) is 43.8 Å². The average Bonchev–Trinajstić information content (AvgIpc) is 3.74. The predicted molar refractivity (Wildman–Crippen MR) is 240 cm³/mol. The zero-order valence-corrected chi connectivity index (χ0v) is 38.7. The van der Waals surface area contributed by atoms with Crippen molar-refractivity contribution in [3.05, 3.63) is 131 Å². The first-order valence-electron chi connectivity index (χ1n) is 19.3. The van der Waals surface area contributed by atoms with Gasteiger partial charge in [-0.25, -0.2) is 0 Å².